The normalized spacial score (nSPS) is 19.1. The van der Waals surface area contributed by atoms with Crippen LogP contribution in [0.2, 0.25) is 5.02 Å². The molecule has 36 heavy (non-hydrogen) atoms. The van der Waals surface area contributed by atoms with Gasteiger partial charge in [-0.15, -0.1) is 0 Å². The van der Waals surface area contributed by atoms with Crippen LogP contribution in [0.3, 0.4) is 0 Å². The summed E-state index contributed by atoms with van der Waals surface area (Å²) in [7, 11) is 1.81. The first-order valence-electron chi connectivity index (χ1n) is 12.2. The Morgan fingerprint density at radius 2 is 1.94 bits per heavy atom. The number of nitrogens with zero attached hydrogens (tertiary/aromatic N) is 2. The van der Waals surface area contributed by atoms with E-state index in [4.69, 9.17) is 11.6 Å². The predicted molar refractivity (Wildman–Crippen MR) is 144 cm³/mol. The van der Waals surface area contributed by atoms with E-state index in [0.29, 0.717) is 17.5 Å². The summed E-state index contributed by atoms with van der Waals surface area (Å²) in [6.07, 6.45) is 8.75. The molecule has 3 atom stereocenters. The van der Waals surface area contributed by atoms with Crippen molar-refractivity contribution in [1.82, 2.24) is 9.29 Å². The van der Waals surface area contributed by atoms with Crippen molar-refractivity contribution >= 4 is 35.5 Å². The molecule has 1 saturated carbocycles. The van der Waals surface area contributed by atoms with Gasteiger partial charge in [-0.1, -0.05) is 47.8 Å². The molecule has 4 nitrogen and oxygen atoms in total. The summed E-state index contributed by atoms with van der Waals surface area (Å²) < 4.78 is 29.4. The molecule has 2 fully saturated rings. The van der Waals surface area contributed by atoms with Crippen LogP contribution in [0, 0.1) is 11.6 Å². The molecule has 3 unspecified atom stereocenters. The van der Waals surface area contributed by atoms with Crippen molar-refractivity contribution in [3.05, 3.63) is 94.3 Å². The summed E-state index contributed by atoms with van der Waals surface area (Å²) in [6.45, 7) is 1.17. The molecule has 190 valence electrons. The fourth-order valence-corrected chi connectivity index (χ4v) is 5.50. The third kappa shape index (κ3) is 7.51. The smallest absolute Gasteiger partial charge is 0.146 e. The van der Waals surface area contributed by atoms with Gasteiger partial charge in [-0.05, 0) is 61.1 Å². The molecule has 8 heteroatoms. The van der Waals surface area contributed by atoms with Gasteiger partial charge in [-0.3, -0.25) is 4.98 Å². The summed E-state index contributed by atoms with van der Waals surface area (Å²) in [5.74, 6) is -0.614. The number of anilines is 1. The van der Waals surface area contributed by atoms with E-state index in [-0.39, 0.29) is 17.6 Å². The van der Waals surface area contributed by atoms with Crippen LogP contribution in [-0.2, 0) is 11.2 Å². The van der Waals surface area contributed by atoms with Gasteiger partial charge in [0.15, 0.2) is 0 Å². The summed E-state index contributed by atoms with van der Waals surface area (Å²) in [5.41, 5.74) is 3.34. The third-order valence-electron chi connectivity index (χ3n) is 6.33. The predicted octanol–water partition coefficient (Wildman–Crippen LogP) is 6.89. The Kier molecular flexibility index (Phi) is 9.35. The minimum atomic E-state index is -0.294. The van der Waals surface area contributed by atoms with Crippen molar-refractivity contribution < 1.29 is 13.6 Å². The fourth-order valence-electron chi connectivity index (χ4n) is 4.11. The van der Waals surface area contributed by atoms with Crippen molar-refractivity contribution in [3.8, 4) is 0 Å². The van der Waals surface area contributed by atoms with Gasteiger partial charge < -0.3 is 10.1 Å². The Bertz CT molecular complexity index is 1160. The number of rotatable bonds is 10. The number of aromatic nitrogens is 1. The highest BCUT2D eigenvalue weighted by Crippen LogP contribution is 2.43. The van der Waals surface area contributed by atoms with Gasteiger partial charge in [0.2, 0.25) is 0 Å². The monoisotopic (exact) mass is 529 g/mol. The first kappa shape index (κ1) is 26.6. The Morgan fingerprint density at radius 1 is 1.17 bits per heavy atom. The number of nitrogens with one attached hydrogen (secondary N) is 1. The zero-order chi connectivity index (χ0) is 25.5. The van der Waals surface area contributed by atoms with Crippen LogP contribution < -0.4 is 5.32 Å². The molecular formula is C28H30ClF2N3OS. The van der Waals surface area contributed by atoms with E-state index < -0.39 is 0 Å². The van der Waals surface area contributed by atoms with Crippen LogP contribution >= 0.6 is 23.5 Å². The number of aldehydes is 1. The average molecular weight is 530 g/mol. The number of hydrogen-bond acceptors (Lipinski definition) is 5. The molecule has 0 spiro atoms. The lowest BCUT2D eigenvalue weighted by Crippen LogP contribution is -2.03. The maximum absolute atomic E-state index is 13.7. The zero-order valence-corrected chi connectivity index (χ0v) is 21.7. The Labute approximate surface area is 220 Å². The molecular weight excluding hydrogens is 500 g/mol. The van der Waals surface area contributed by atoms with E-state index in [0.717, 1.165) is 46.8 Å². The Morgan fingerprint density at radius 3 is 2.61 bits per heavy atom. The molecule has 3 aromatic rings. The van der Waals surface area contributed by atoms with Crippen LogP contribution in [0.25, 0.3) is 0 Å². The van der Waals surface area contributed by atoms with Crippen molar-refractivity contribution in [2.75, 3.05) is 18.9 Å². The second-order valence-corrected chi connectivity index (χ2v) is 10.8. The number of pyridine rings is 1. The molecule has 2 heterocycles. The maximum atomic E-state index is 13.7. The second-order valence-electron chi connectivity index (χ2n) is 9.06. The van der Waals surface area contributed by atoms with Crippen LogP contribution in [0.5, 0.6) is 0 Å². The summed E-state index contributed by atoms with van der Waals surface area (Å²) in [5, 5.41) is 4.53. The Hall–Kier alpha value is -2.48. The first-order chi connectivity index (χ1) is 17.5. The van der Waals surface area contributed by atoms with Crippen LogP contribution in [-0.4, -0.2) is 40.5 Å². The number of hydrogen-bond donors (Lipinski definition) is 1. The van der Waals surface area contributed by atoms with E-state index >= 15 is 0 Å². The number of carbonyl (C=O) groups excluding carboxylic acids is 1. The molecule has 1 saturated heterocycles. The topological polar surface area (TPSA) is 45.0 Å². The van der Waals surface area contributed by atoms with Crippen molar-refractivity contribution in [3.63, 3.8) is 0 Å². The van der Waals surface area contributed by atoms with Gasteiger partial charge in [0.25, 0.3) is 0 Å². The summed E-state index contributed by atoms with van der Waals surface area (Å²) >= 11 is 7.84. The van der Waals surface area contributed by atoms with Gasteiger partial charge in [0, 0.05) is 47.8 Å². The quantitative estimate of drug-likeness (QED) is 0.176. The minimum Gasteiger partial charge on any atom is -0.387 e. The Balaban J connectivity index is 0.000000169. The van der Waals surface area contributed by atoms with E-state index in [1.165, 1.54) is 37.7 Å². The van der Waals surface area contributed by atoms with Gasteiger partial charge in [-0.25, -0.2) is 13.1 Å². The van der Waals surface area contributed by atoms with Crippen molar-refractivity contribution in [2.45, 2.75) is 49.3 Å². The van der Waals surface area contributed by atoms with Gasteiger partial charge >= 0.3 is 0 Å². The van der Waals surface area contributed by atoms with Crippen molar-refractivity contribution in [1.29, 1.82) is 0 Å². The minimum absolute atomic E-state index is 0.129. The largest absolute Gasteiger partial charge is 0.387 e. The molecule has 5 rings (SSSR count). The highest BCUT2D eigenvalue weighted by atomic mass is 35.5. The average Bonchev–Trinajstić information content (AvgIpc) is 3.82. The lowest BCUT2D eigenvalue weighted by Gasteiger charge is -2.15. The molecule has 0 amide bonds. The molecule has 1 aliphatic heterocycles. The standard InChI is InChI=1S/C15H12ClFO.C13H18FN3S/c16-13-6-4-11(5-7-13)15(8-9-18)12-2-1-3-14(17)10-12;1-15-13-7-16-6-12(14)11(13)5-2-9-8-17(9)18-10-3-4-10/h1-7,9-10,15H,8H2;6-7,9-10,15H,2-5,8H2,1H3. The van der Waals surface area contributed by atoms with Crippen LogP contribution in [0.15, 0.2) is 60.9 Å². The molecule has 2 aliphatic rings. The second kappa shape index (κ2) is 12.7. The van der Waals surface area contributed by atoms with Gasteiger partial charge in [0.1, 0.15) is 17.9 Å². The molecule has 2 aromatic carbocycles. The van der Waals surface area contributed by atoms with E-state index in [1.807, 2.05) is 37.2 Å². The third-order valence-corrected chi connectivity index (χ3v) is 8.07. The van der Waals surface area contributed by atoms with E-state index in [2.05, 4.69) is 14.6 Å². The maximum Gasteiger partial charge on any atom is 0.146 e. The zero-order valence-electron chi connectivity index (χ0n) is 20.2. The molecule has 1 aliphatic carbocycles. The number of benzene rings is 2. The van der Waals surface area contributed by atoms with E-state index in [1.54, 1.807) is 24.4 Å². The van der Waals surface area contributed by atoms with Crippen LogP contribution in [0.4, 0.5) is 14.5 Å². The van der Waals surface area contributed by atoms with Crippen molar-refractivity contribution in [2.24, 2.45) is 0 Å². The molecule has 0 radical (unpaired) electrons. The first-order valence-corrected chi connectivity index (χ1v) is 13.4. The lowest BCUT2D eigenvalue weighted by molar-refractivity contribution is -0.108. The lowest BCUT2D eigenvalue weighted by atomic mass is 9.89. The fraction of sp³-hybridized carbons (Fsp3) is 0.357. The summed E-state index contributed by atoms with van der Waals surface area (Å²) in [4.78, 5) is 14.7. The van der Waals surface area contributed by atoms with Gasteiger partial charge in [0.05, 0.1) is 18.1 Å². The number of carbonyl (C=O) groups is 1. The SMILES string of the molecule is CNc1cncc(F)c1CCC1CN1SC1CC1.O=CCC(c1ccc(Cl)cc1)c1cccc(F)c1. The highest BCUT2D eigenvalue weighted by Gasteiger charge is 2.39. The molecule has 1 aromatic heterocycles. The number of halogens is 3. The summed E-state index contributed by atoms with van der Waals surface area (Å²) in [6, 6.07) is 14.2. The van der Waals surface area contributed by atoms with Crippen LogP contribution in [0.1, 0.15) is 48.3 Å². The van der Waals surface area contributed by atoms with E-state index in [9.17, 15) is 13.6 Å². The molecule has 1 N–H and O–H groups in total. The van der Waals surface area contributed by atoms with Gasteiger partial charge in [-0.2, -0.15) is 0 Å². The highest BCUT2D eigenvalue weighted by molar-refractivity contribution is 7.98. The molecule has 0 bridgehead atoms.